The molecule has 0 saturated heterocycles. The first kappa shape index (κ1) is 38.0. The summed E-state index contributed by atoms with van der Waals surface area (Å²) >= 11 is 3.72. The van der Waals surface area contributed by atoms with Crippen molar-refractivity contribution >= 4 is 119 Å². The van der Waals surface area contributed by atoms with Crippen molar-refractivity contribution in [1.82, 2.24) is 14.4 Å². The summed E-state index contributed by atoms with van der Waals surface area (Å²) in [6.45, 7) is 0. The molecule has 0 aliphatic rings. The van der Waals surface area contributed by atoms with Crippen LogP contribution in [0.4, 0.5) is 0 Å². The molecule has 0 aliphatic carbocycles. The molecule has 0 spiro atoms. The predicted octanol–water partition coefficient (Wildman–Crippen LogP) is 11.2. The topological polar surface area (TPSA) is 47.3 Å². The van der Waals surface area contributed by atoms with E-state index in [2.05, 4.69) is 171 Å². The molecule has 0 amide bonds. The van der Waals surface area contributed by atoms with Crippen LogP contribution in [-0.2, 0) is 4.57 Å². The molecule has 12 rings (SSSR count). The van der Waals surface area contributed by atoms with Crippen LogP contribution in [0, 0.1) is 0 Å². The summed E-state index contributed by atoms with van der Waals surface area (Å²) in [4.78, 5) is 10.5. The smallest absolute Gasteiger partial charge is 0.0244 e. The molecule has 298 valence electrons. The van der Waals surface area contributed by atoms with Gasteiger partial charge in [0.2, 0.25) is 0 Å². The van der Waals surface area contributed by atoms with Crippen LogP contribution in [-0.4, -0.2) is 29.5 Å². The normalized spacial score (nSPS) is 13.0. The average Bonchev–Trinajstić information content (AvgIpc) is 3.75. The zero-order valence-electron chi connectivity index (χ0n) is 33.9. The third-order valence-electron chi connectivity index (χ3n) is 12.5. The van der Waals surface area contributed by atoms with Gasteiger partial charge in [-0.15, -0.1) is 0 Å². The van der Waals surface area contributed by atoms with Gasteiger partial charge in [0.05, 0.1) is 5.52 Å². The molecule has 9 aromatic carbocycles. The minimum atomic E-state index is -3.24. The average molecular weight is 909 g/mol. The second-order valence-corrected chi connectivity index (χ2v) is 25.0. The number of benzene rings is 9. The van der Waals surface area contributed by atoms with E-state index in [4.69, 9.17) is 9.97 Å². The van der Waals surface area contributed by atoms with Crippen molar-refractivity contribution < 1.29 is 4.57 Å². The van der Waals surface area contributed by atoms with Crippen molar-refractivity contribution in [3.63, 3.8) is 0 Å². The Morgan fingerprint density at radius 1 is 0.429 bits per heavy atom. The fourth-order valence-corrected chi connectivity index (χ4v) is 16.9. The molecule has 12 aromatic rings. The number of hydrogen-bond acceptors (Lipinski definition) is 3. The Labute approximate surface area is 372 Å². The molecular formula is C56H37N3OP2Se. The number of fused-ring (bicyclic) bond motifs is 11. The van der Waals surface area contributed by atoms with Crippen molar-refractivity contribution in [3.05, 3.63) is 225 Å². The molecule has 63 heavy (non-hydrogen) atoms. The van der Waals surface area contributed by atoms with E-state index in [1.54, 1.807) is 0 Å². The molecule has 7 heteroatoms. The van der Waals surface area contributed by atoms with Gasteiger partial charge in [-0.2, -0.15) is 0 Å². The molecule has 1 unspecified atom stereocenters. The summed E-state index contributed by atoms with van der Waals surface area (Å²) < 4.78 is 17.9. The predicted molar refractivity (Wildman–Crippen MR) is 270 cm³/mol. The molecular weight excluding hydrogens is 872 g/mol. The summed E-state index contributed by atoms with van der Waals surface area (Å²) in [5.74, 6) is 0. The van der Waals surface area contributed by atoms with Gasteiger partial charge in [0, 0.05) is 21.3 Å². The van der Waals surface area contributed by atoms with E-state index in [0.717, 1.165) is 76.3 Å². The summed E-state index contributed by atoms with van der Waals surface area (Å²) in [5, 5.41) is 14.1. The van der Waals surface area contributed by atoms with Gasteiger partial charge in [0.1, 0.15) is 0 Å². The molecule has 0 aliphatic heterocycles. The van der Waals surface area contributed by atoms with Crippen molar-refractivity contribution in [1.29, 1.82) is 0 Å². The quantitative estimate of drug-likeness (QED) is 0.0909. The SMILES string of the molecule is O=P(c1ccccc1)(c1ccccc1)c1ccc2nc3c4ccccc4c4ccc5cc(-c6ccc(P(=[Se])(c7ccccc7)c7ccc8ccccc8c7)cn6)ccc5c4n3c2c1. The Morgan fingerprint density at radius 3 is 1.75 bits per heavy atom. The summed E-state index contributed by atoms with van der Waals surface area (Å²) in [6.07, 6.45) is 2.07. The third-order valence-corrected chi connectivity index (χ3v) is 22.6. The van der Waals surface area contributed by atoms with E-state index < -0.39 is 12.7 Å². The molecule has 4 nitrogen and oxygen atoms in total. The van der Waals surface area contributed by atoms with Crippen LogP contribution in [0.5, 0.6) is 0 Å². The van der Waals surface area contributed by atoms with Gasteiger partial charge in [-0.1, -0.05) is 84.9 Å². The molecule has 0 saturated carbocycles. The molecule has 0 N–H and O–H groups in total. The van der Waals surface area contributed by atoms with Crippen molar-refractivity contribution in [2.45, 2.75) is 0 Å². The van der Waals surface area contributed by atoms with Crippen molar-refractivity contribution in [2.75, 3.05) is 0 Å². The number of imidazole rings is 1. The number of rotatable bonds is 7. The van der Waals surface area contributed by atoms with Gasteiger partial charge in [0.15, 0.2) is 7.14 Å². The Kier molecular flexibility index (Phi) is 9.04. The number of nitrogens with zero attached hydrogens (tertiary/aromatic N) is 3. The zero-order valence-corrected chi connectivity index (χ0v) is 37.4. The molecule has 0 fully saturated rings. The van der Waals surface area contributed by atoms with Gasteiger partial charge in [-0.25, -0.2) is 4.98 Å². The fraction of sp³-hybridized carbons (Fsp3) is 0. The molecule has 1 atom stereocenters. The van der Waals surface area contributed by atoms with Crippen LogP contribution in [0.1, 0.15) is 0 Å². The first-order chi connectivity index (χ1) is 31.0. The second kappa shape index (κ2) is 15.0. The van der Waals surface area contributed by atoms with E-state index in [-0.39, 0.29) is 0 Å². The number of hydrogen-bond donors (Lipinski definition) is 0. The van der Waals surface area contributed by atoms with Gasteiger partial charge >= 0.3 is 228 Å². The van der Waals surface area contributed by atoms with Crippen molar-refractivity contribution in [3.8, 4) is 11.3 Å². The molecule has 0 bridgehead atoms. The summed E-state index contributed by atoms with van der Waals surface area (Å²) in [5.41, 5.74) is 3.55. The maximum atomic E-state index is 15.6. The second-order valence-electron chi connectivity index (χ2n) is 16.0. The van der Waals surface area contributed by atoms with Crippen molar-refractivity contribution in [2.24, 2.45) is 0 Å². The van der Waals surface area contributed by atoms with Gasteiger partial charge in [0.25, 0.3) is 0 Å². The number of pyridine rings is 2. The van der Waals surface area contributed by atoms with E-state index in [1.807, 2.05) is 72.8 Å². The van der Waals surface area contributed by atoms with Crippen LogP contribution in [0.15, 0.2) is 225 Å². The van der Waals surface area contributed by atoms with Gasteiger partial charge in [-0.3, -0.25) is 0 Å². The Morgan fingerprint density at radius 2 is 1.03 bits per heavy atom. The molecule has 3 heterocycles. The Hall–Kier alpha value is -6.70. The monoisotopic (exact) mass is 909 g/mol. The zero-order chi connectivity index (χ0) is 42.1. The van der Waals surface area contributed by atoms with Crippen LogP contribution in [0.25, 0.3) is 71.2 Å². The van der Waals surface area contributed by atoms with Crippen LogP contribution in [0.2, 0.25) is 0 Å². The maximum absolute atomic E-state index is 15.6. The Balaban J connectivity index is 1.03. The van der Waals surface area contributed by atoms with E-state index in [1.165, 1.54) is 26.7 Å². The molecule has 3 aromatic heterocycles. The summed E-state index contributed by atoms with van der Waals surface area (Å²) in [7, 11) is -3.24. The number of aromatic nitrogens is 3. The standard InChI is InChI=1S/C56H37N3OP2Se/c60-61(42-16-4-1-5-17-42,43-18-6-2-7-19-43)45-28-33-53-54(36-45)59-55-48-30-26-41(34-40(48)25-31-50(55)49-22-12-13-23-51(49)56(59)58-53)52-32-29-47(37-57-52)62(63,44-20-8-3-9-21-44)46-27-24-38-14-10-11-15-39(38)35-46/h1-37H. The first-order valence-electron chi connectivity index (χ1n) is 21.0. The molecule has 0 radical (unpaired) electrons. The first-order valence-corrected chi connectivity index (χ1v) is 26.7. The van der Waals surface area contributed by atoms with Crippen LogP contribution >= 0.6 is 12.7 Å². The van der Waals surface area contributed by atoms with Crippen LogP contribution in [0.3, 0.4) is 0 Å². The van der Waals surface area contributed by atoms with E-state index in [9.17, 15) is 0 Å². The minimum Gasteiger partial charge on any atom is -0.0244 e. The Bertz CT molecular complexity index is 3810. The van der Waals surface area contributed by atoms with Gasteiger partial charge in [-0.05, 0) is 18.2 Å². The van der Waals surface area contributed by atoms with Gasteiger partial charge < -0.3 is 4.57 Å². The van der Waals surface area contributed by atoms with E-state index >= 15 is 4.57 Å². The van der Waals surface area contributed by atoms with Crippen LogP contribution < -0.4 is 31.8 Å². The van der Waals surface area contributed by atoms with E-state index in [0.29, 0.717) is 0 Å². The summed E-state index contributed by atoms with van der Waals surface area (Å²) in [6, 6.07) is 76.2. The minimum absolute atomic E-state index is 0.775. The third kappa shape index (κ3) is 6.04. The fourth-order valence-electron chi connectivity index (χ4n) is 9.43.